The zero-order chi connectivity index (χ0) is 28.5. The van der Waals surface area contributed by atoms with Crippen LogP contribution in [-0.4, -0.2) is 56.4 Å². The van der Waals surface area contributed by atoms with Gasteiger partial charge in [-0.25, -0.2) is 9.18 Å². The standard InChI is InChI=1S/C28H31FN2O8/c1-5-39-28(35)20-15-31-27(34)24(25(20)33)19(17-12-21(36-2)26(38-4)22(13-17)37-3)14-23(32)30-11-10-16-6-8-18(29)9-7-16/h6-9,12-13,15,19H,5,10-11,14H2,1-4H3,(H,30,32)(H2,31,33,34). The fourth-order valence-corrected chi connectivity index (χ4v) is 4.17. The Morgan fingerprint density at radius 2 is 1.69 bits per heavy atom. The fourth-order valence-electron chi connectivity index (χ4n) is 4.17. The Bertz CT molecular complexity index is 1350. The van der Waals surface area contributed by atoms with Crippen molar-refractivity contribution in [1.29, 1.82) is 0 Å². The Balaban J connectivity index is 2.02. The number of carbonyl (C=O) groups is 2. The zero-order valence-corrected chi connectivity index (χ0v) is 22.1. The summed E-state index contributed by atoms with van der Waals surface area (Å²) in [5, 5.41) is 13.8. The number of aromatic nitrogens is 1. The van der Waals surface area contributed by atoms with Crippen molar-refractivity contribution in [1.82, 2.24) is 10.3 Å². The van der Waals surface area contributed by atoms with Gasteiger partial charge in [0.15, 0.2) is 11.5 Å². The Kier molecular flexibility index (Phi) is 9.91. The molecule has 39 heavy (non-hydrogen) atoms. The predicted molar refractivity (Wildman–Crippen MR) is 140 cm³/mol. The molecule has 1 amide bonds. The number of rotatable bonds is 12. The van der Waals surface area contributed by atoms with Gasteiger partial charge >= 0.3 is 5.97 Å². The lowest BCUT2D eigenvalue weighted by Crippen LogP contribution is -2.29. The maximum Gasteiger partial charge on any atom is 0.343 e. The number of nitrogens with one attached hydrogen (secondary N) is 2. The second kappa shape index (κ2) is 13.3. The number of aromatic hydroxyl groups is 1. The normalized spacial score (nSPS) is 11.4. The summed E-state index contributed by atoms with van der Waals surface area (Å²) in [5.74, 6) is -2.42. The highest BCUT2D eigenvalue weighted by atomic mass is 19.1. The molecule has 0 saturated heterocycles. The first-order valence-corrected chi connectivity index (χ1v) is 12.2. The number of hydrogen-bond donors (Lipinski definition) is 3. The second-order valence-corrected chi connectivity index (χ2v) is 8.46. The number of H-pyrrole nitrogens is 1. The quantitative estimate of drug-likeness (QED) is 0.297. The van der Waals surface area contributed by atoms with Crippen LogP contribution < -0.4 is 25.1 Å². The van der Waals surface area contributed by atoms with Gasteiger partial charge < -0.3 is 34.4 Å². The van der Waals surface area contributed by atoms with E-state index < -0.39 is 29.1 Å². The lowest BCUT2D eigenvalue weighted by molar-refractivity contribution is -0.121. The molecule has 3 aromatic rings. The summed E-state index contributed by atoms with van der Waals surface area (Å²) in [6.45, 7) is 1.91. The van der Waals surface area contributed by atoms with Crippen LogP contribution in [0.15, 0.2) is 47.4 Å². The Morgan fingerprint density at radius 3 is 2.26 bits per heavy atom. The molecule has 0 fully saturated rings. The van der Waals surface area contributed by atoms with Gasteiger partial charge in [0.25, 0.3) is 5.56 Å². The molecule has 0 aliphatic heterocycles. The summed E-state index contributed by atoms with van der Waals surface area (Å²) >= 11 is 0. The summed E-state index contributed by atoms with van der Waals surface area (Å²) in [7, 11) is 4.28. The lowest BCUT2D eigenvalue weighted by Gasteiger charge is -2.22. The van der Waals surface area contributed by atoms with E-state index in [-0.39, 0.29) is 48.0 Å². The minimum absolute atomic E-state index is 0.0551. The Morgan fingerprint density at radius 1 is 1.05 bits per heavy atom. The molecule has 1 heterocycles. The van der Waals surface area contributed by atoms with Crippen LogP contribution in [0.5, 0.6) is 23.0 Å². The maximum atomic E-state index is 13.2. The van der Waals surface area contributed by atoms with Crippen LogP contribution in [0.2, 0.25) is 0 Å². The van der Waals surface area contributed by atoms with E-state index >= 15 is 0 Å². The minimum Gasteiger partial charge on any atom is -0.506 e. The molecule has 0 bridgehead atoms. The number of pyridine rings is 1. The van der Waals surface area contributed by atoms with Crippen molar-refractivity contribution in [2.24, 2.45) is 0 Å². The van der Waals surface area contributed by atoms with Crippen molar-refractivity contribution in [3.8, 4) is 23.0 Å². The van der Waals surface area contributed by atoms with Crippen LogP contribution in [0, 0.1) is 5.82 Å². The fraction of sp³-hybridized carbons (Fsp3) is 0.321. The van der Waals surface area contributed by atoms with Crippen LogP contribution >= 0.6 is 0 Å². The van der Waals surface area contributed by atoms with E-state index in [9.17, 15) is 23.9 Å². The monoisotopic (exact) mass is 542 g/mol. The smallest absolute Gasteiger partial charge is 0.343 e. The van der Waals surface area contributed by atoms with Gasteiger partial charge in [-0.3, -0.25) is 9.59 Å². The molecule has 1 unspecified atom stereocenters. The molecule has 0 aliphatic rings. The summed E-state index contributed by atoms with van der Waals surface area (Å²) in [6.07, 6.45) is 1.24. The summed E-state index contributed by atoms with van der Waals surface area (Å²) < 4.78 is 34.4. The molecule has 0 saturated carbocycles. The SMILES string of the molecule is CCOC(=O)c1c[nH]c(=O)c(C(CC(=O)NCCc2ccc(F)cc2)c2cc(OC)c(OC)c(OC)c2)c1O. The number of halogens is 1. The molecule has 11 heteroatoms. The van der Waals surface area contributed by atoms with E-state index in [1.54, 1.807) is 31.2 Å². The van der Waals surface area contributed by atoms with E-state index in [1.165, 1.54) is 33.5 Å². The first kappa shape index (κ1) is 29.0. The van der Waals surface area contributed by atoms with Crippen molar-refractivity contribution in [2.75, 3.05) is 34.5 Å². The van der Waals surface area contributed by atoms with E-state index in [0.717, 1.165) is 11.8 Å². The number of ether oxygens (including phenoxy) is 4. The average Bonchev–Trinajstić information content (AvgIpc) is 2.92. The largest absolute Gasteiger partial charge is 0.506 e. The minimum atomic E-state index is -1.03. The molecule has 0 spiro atoms. The first-order valence-electron chi connectivity index (χ1n) is 12.2. The van der Waals surface area contributed by atoms with Crippen molar-refractivity contribution < 1.29 is 38.0 Å². The molecule has 10 nitrogen and oxygen atoms in total. The second-order valence-electron chi connectivity index (χ2n) is 8.46. The number of aromatic amines is 1. The number of benzene rings is 2. The first-order chi connectivity index (χ1) is 18.7. The van der Waals surface area contributed by atoms with Gasteiger partial charge in [0.05, 0.1) is 33.5 Å². The Labute approximate surface area is 224 Å². The molecule has 3 rings (SSSR count). The number of esters is 1. The van der Waals surface area contributed by atoms with Gasteiger partial charge in [0.2, 0.25) is 11.7 Å². The number of methoxy groups -OCH3 is 3. The van der Waals surface area contributed by atoms with E-state index in [1.807, 2.05) is 0 Å². The molecule has 208 valence electrons. The number of amides is 1. The third-order valence-electron chi connectivity index (χ3n) is 6.07. The summed E-state index contributed by atoms with van der Waals surface area (Å²) in [6, 6.07) is 9.05. The molecule has 3 N–H and O–H groups in total. The van der Waals surface area contributed by atoms with Gasteiger partial charge in [0.1, 0.15) is 17.1 Å². The highest BCUT2D eigenvalue weighted by Gasteiger charge is 2.30. The highest BCUT2D eigenvalue weighted by Crippen LogP contribution is 2.43. The predicted octanol–water partition coefficient (Wildman–Crippen LogP) is 3.30. The highest BCUT2D eigenvalue weighted by molar-refractivity contribution is 5.92. The molecule has 1 aromatic heterocycles. The average molecular weight is 543 g/mol. The van der Waals surface area contributed by atoms with Crippen LogP contribution in [0.1, 0.15) is 46.3 Å². The van der Waals surface area contributed by atoms with E-state index in [2.05, 4.69) is 10.3 Å². The van der Waals surface area contributed by atoms with E-state index in [0.29, 0.717) is 17.7 Å². The molecule has 0 radical (unpaired) electrons. The number of carbonyl (C=O) groups excluding carboxylic acids is 2. The third kappa shape index (κ3) is 6.86. The van der Waals surface area contributed by atoms with Crippen molar-refractivity contribution in [3.63, 3.8) is 0 Å². The number of hydrogen-bond acceptors (Lipinski definition) is 8. The van der Waals surface area contributed by atoms with Crippen molar-refractivity contribution in [3.05, 3.63) is 81.0 Å². The maximum absolute atomic E-state index is 13.2. The van der Waals surface area contributed by atoms with Crippen molar-refractivity contribution in [2.45, 2.75) is 25.7 Å². The molecule has 0 aliphatic carbocycles. The van der Waals surface area contributed by atoms with Crippen LogP contribution in [0.4, 0.5) is 4.39 Å². The summed E-state index contributed by atoms with van der Waals surface area (Å²) in [5.41, 5.74) is 0.0663. The van der Waals surface area contributed by atoms with Gasteiger partial charge in [-0.1, -0.05) is 12.1 Å². The molecule has 2 aromatic carbocycles. The van der Waals surface area contributed by atoms with Crippen LogP contribution in [0.25, 0.3) is 0 Å². The molecular weight excluding hydrogens is 511 g/mol. The third-order valence-corrected chi connectivity index (χ3v) is 6.07. The van der Waals surface area contributed by atoms with E-state index in [4.69, 9.17) is 18.9 Å². The molecule has 1 atom stereocenters. The Hall–Kier alpha value is -4.54. The van der Waals surface area contributed by atoms with Gasteiger partial charge in [0, 0.05) is 25.1 Å². The summed E-state index contributed by atoms with van der Waals surface area (Å²) in [4.78, 5) is 41.0. The van der Waals surface area contributed by atoms with Crippen molar-refractivity contribution >= 4 is 11.9 Å². The zero-order valence-electron chi connectivity index (χ0n) is 22.1. The van der Waals surface area contributed by atoms with Crippen LogP contribution in [0.3, 0.4) is 0 Å². The van der Waals surface area contributed by atoms with Gasteiger partial charge in [-0.05, 0) is 48.7 Å². The van der Waals surface area contributed by atoms with Gasteiger partial charge in [-0.2, -0.15) is 0 Å². The van der Waals surface area contributed by atoms with Crippen LogP contribution in [-0.2, 0) is 16.0 Å². The molecular formula is C28H31FN2O8. The topological polar surface area (TPSA) is 136 Å². The van der Waals surface area contributed by atoms with Gasteiger partial charge in [-0.15, -0.1) is 0 Å². The lowest BCUT2D eigenvalue weighted by atomic mass is 9.87.